The smallest absolute Gasteiger partial charge is 0.127 e. The van der Waals surface area contributed by atoms with Gasteiger partial charge in [-0.25, -0.2) is 9.97 Å². The van der Waals surface area contributed by atoms with Gasteiger partial charge in [0.2, 0.25) is 0 Å². The van der Waals surface area contributed by atoms with E-state index >= 15 is 0 Å². The van der Waals surface area contributed by atoms with Crippen LogP contribution in [0.2, 0.25) is 0 Å². The number of rotatable bonds is 3. The van der Waals surface area contributed by atoms with Crippen molar-refractivity contribution in [3.05, 3.63) is 36.2 Å². The highest BCUT2D eigenvalue weighted by Crippen LogP contribution is 2.30. The molecule has 1 heterocycles. The van der Waals surface area contributed by atoms with Crippen LogP contribution < -0.4 is 10.5 Å². The van der Waals surface area contributed by atoms with Gasteiger partial charge in [-0.15, -0.1) is 0 Å². The van der Waals surface area contributed by atoms with Crippen LogP contribution in [-0.2, 0) is 0 Å². The zero-order chi connectivity index (χ0) is 13.1. The molecule has 0 unspecified atom stereocenters. The first-order valence-electron chi connectivity index (χ1n) is 5.87. The first-order chi connectivity index (χ1) is 8.61. The lowest BCUT2D eigenvalue weighted by Gasteiger charge is -2.13. The lowest BCUT2D eigenvalue weighted by Crippen LogP contribution is -1.96. The molecule has 0 bridgehead atoms. The normalized spacial score (nSPS) is 10.7. The quantitative estimate of drug-likeness (QED) is 0.900. The highest BCUT2D eigenvalue weighted by Gasteiger charge is 2.10. The van der Waals surface area contributed by atoms with Crippen LogP contribution in [0.1, 0.15) is 25.3 Å². The van der Waals surface area contributed by atoms with Crippen LogP contribution in [0.25, 0.3) is 11.3 Å². The van der Waals surface area contributed by atoms with E-state index in [0.717, 1.165) is 22.6 Å². The molecule has 0 amide bonds. The van der Waals surface area contributed by atoms with Crippen molar-refractivity contribution in [3.8, 4) is 17.0 Å². The molecule has 0 spiro atoms. The molecule has 0 aliphatic heterocycles. The second-order valence-electron chi connectivity index (χ2n) is 4.44. The van der Waals surface area contributed by atoms with Crippen LogP contribution in [0, 0.1) is 0 Å². The van der Waals surface area contributed by atoms with Crippen molar-refractivity contribution >= 4 is 5.82 Å². The van der Waals surface area contributed by atoms with E-state index in [-0.39, 0.29) is 0 Å². The first kappa shape index (κ1) is 12.4. The number of anilines is 1. The fraction of sp³-hybridized carbons (Fsp3) is 0.286. The van der Waals surface area contributed by atoms with Gasteiger partial charge in [0.1, 0.15) is 17.9 Å². The van der Waals surface area contributed by atoms with E-state index in [1.807, 2.05) is 12.1 Å². The van der Waals surface area contributed by atoms with E-state index < -0.39 is 0 Å². The molecule has 2 rings (SSSR count). The summed E-state index contributed by atoms with van der Waals surface area (Å²) >= 11 is 0. The van der Waals surface area contributed by atoms with Gasteiger partial charge in [0.05, 0.1) is 12.8 Å². The fourth-order valence-corrected chi connectivity index (χ4v) is 1.88. The molecule has 2 N–H and O–H groups in total. The van der Waals surface area contributed by atoms with Gasteiger partial charge in [-0.3, -0.25) is 0 Å². The topological polar surface area (TPSA) is 61.0 Å². The maximum atomic E-state index is 5.67. The lowest BCUT2D eigenvalue weighted by atomic mass is 9.98. The van der Waals surface area contributed by atoms with Crippen molar-refractivity contribution < 1.29 is 4.74 Å². The molecular weight excluding hydrogens is 226 g/mol. The largest absolute Gasteiger partial charge is 0.496 e. The number of nitrogens with zero attached hydrogens (tertiary/aromatic N) is 2. The second-order valence-corrected chi connectivity index (χ2v) is 4.44. The third-order valence-corrected chi connectivity index (χ3v) is 2.84. The second kappa shape index (κ2) is 5.04. The molecule has 2 aromatic rings. The van der Waals surface area contributed by atoms with Crippen LogP contribution in [0.15, 0.2) is 30.6 Å². The predicted octanol–water partition coefficient (Wildman–Crippen LogP) is 2.86. The molecule has 4 heteroatoms. The summed E-state index contributed by atoms with van der Waals surface area (Å²) in [6.45, 7) is 4.27. The minimum atomic E-state index is 0.388. The number of hydrogen-bond donors (Lipinski definition) is 1. The van der Waals surface area contributed by atoms with Gasteiger partial charge in [0.25, 0.3) is 0 Å². The van der Waals surface area contributed by atoms with Crippen molar-refractivity contribution in [2.24, 2.45) is 0 Å². The van der Waals surface area contributed by atoms with Gasteiger partial charge in [0.15, 0.2) is 0 Å². The molecule has 0 saturated carbocycles. The van der Waals surface area contributed by atoms with Gasteiger partial charge >= 0.3 is 0 Å². The summed E-state index contributed by atoms with van der Waals surface area (Å²) in [6, 6.07) is 7.80. The van der Waals surface area contributed by atoms with Crippen LogP contribution in [0.3, 0.4) is 0 Å². The summed E-state index contributed by atoms with van der Waals surface area (Å²) in [7, 11) is 1.68. The molecule has 94 valence electrons. The van der Waals surface area contributed by atoms with Gasteiger partial charge in [-0.2, -0.15) is 0 Å². The number of methoxy groups -OCH3 is 1. The van der Waals surface area contributed by atoms with Gasteiger partial charge in [-0.1, -0.05) is 13.8 Å². The minimum absolute atomic E-state index is 0.388. The van der Waals surface area contributed by atoms with Crippen molar-refractivity contribution in [2.45, 2.75) is 19.8 Å². The average Bonchev–Trinajstić information content (AvgIpc) is 2.38. The van der Waals surface area contributed by atoms with Crippen LogP contribution in [0.4, 0.5) is 5.82 Å². The molecule has 0 saturated heterocycles. The molecule has 0 atom stereocenters. The van der Waals surface area contributed by atoms with Crippen LogP contribution >= 0.6 is 0 Å². The number of ether oxygens (including phenoxy) is 1. The number of hydrogen-bond acceptors (Lipinski definition) is 4. The number of aromatic nitrogens is 2. The van der Waals surface area contributed by atoms with Gasteiger partial charge < -0.3 is 10.5 Å². The van der Waals surface area contributed by atoms with Gasteiger partial charge in [-0.05, 0) is 29.7 Å². The summed E-state index contributed by atoms with van der Waals surface area (Å²) in [6.07, 6.45) is 1.48. The average molecular weight is 243 g/mol. The molecule has 0 fully saturated rings. The number of nitrogen functional groups attached to an aromatic ring is 1. The summed E-state index contributed by atoms with van der Waals surface area (Å²) in [5.74, 6) is 1.76. The highest BCUT2D eigenvalue weighted by atomic mass is 16.5. The molecule has 1 aromatic carbocycles. The minimum Gasteiger partial charge on any atom is -0.496 e. The van der Waals surface area contributed by atoms with E-state index in [9.17, 15) is 0 Å². The summed E-state index contributed by atoms with van der Waals surface area (Å²) in [5, 5.41) is 0. The van der Waals surface area contributed by atoms with E-state index in [1.54, 1.807) is 13.2 Å². The Kier molecular flexibility index (Phi) is 3.46. The van der Waals surface area contributed by atoms with E-state index in [4.69, 9.17) is 10.5 Å². The molecule has 0 aliphatic rings. The molecule has 0 aliphatic carbocycles. The zero-order valence-corrected chi connectivity index (χ0v) is 10.8. The van der Waals surface area contributed by atoms with E-state index in [2.05, 4.69) is 29.9 Å². The third kappa shape index (κ3) is 2.42. The number of benzene rings is 1. The zero-order valence-electron chi connectivity index (χ0n) is 10.8. The molecule has 1 aromatic heterocycles. The Labute approximate surface area is 107 Å². The van der Waals surface area contributed by atoms with E-state index in [0.29, 0.717) is 11.7 Å². The Morgan fingerprint density at radius 1 is 1.17 bits per heavy atom. The third-order valence-electron chi connectivity index (χ3n) is 2.84. The highest BCUT2D eigenvalue weighted by molar-refractivity contribution is 5.64. The fourth-order valence-electron chi connectivity index (χ4n) is 1.88. The van der Waals surface area contributed by atoms with Crippen molar-refractivity contribution in [3.63, 3.8) is 0 Å². The van der Waals surface area contributed by atoms with Crippen molar-refractivity contribution in [1.29, 1.82) is 0 Å². The maximum Gasteiger partial charge on any atom is 0.127 e. The molecule has 4 nitrogen and oxygen atoms in total. The standard InChI is InChI=1S/C14H17N3O/c1-9(2)11-6-10(4-5-13(11)18-3)12-7-14(15)17-8-16-12/h4-9H,1-3H3,(H2,15,16,17). The molecular formula is C14H17N3O. The Bertz CT molecular complexity index is 552. The van der Waals surface area contributed by atoms with Crippen molar-refractivity contribution in [2.75, 3.05) is 12.8 Å². The predicted molar refractivity (Wildman–Crippen MR) is 72.5 cm³/mol. The number of nitrogens with two attached hydrogens (primary N) is 1. The van der Waals surface area contributed by atoms with Crippen molar-refractivity contribution in [1.82, 2.24) is 9.97 Å². The summed E-state index contributed by atoms with van der Waals surface area (Å²) in [4.78, 5) is 8.13. The molecule has 18 heavy (non-hydrogen) atoms. The maximum absolute atomic E-state index is 5.67. The van der Waals surface area contributed by atoms with Crippen LogP contribution in [-0.4, -0.2) is 17.1 Å². The van der Waals surface area contributed by atoms with Gasteiger partial charge in [0, 0.05) is 11.6 Å². The summed E-state index contributed by atoms with van der Waals surface area (Å²) in [5.41, 5.74) is 8.68. The Morgan fingerprint density at radius 2 is 1.94 bits per heavy atom. The Balaban J connectivity index is 2.50. The molecule has 0 radical (unpaired) electrons. The SMILES string of the molecule is COc1ccc(-c2cc(N)ncn2)cc1C(C)C. The Hall–Kier alpha value is -2.10. The van der Waals surface area contributed by atoms with Crippen LogP contribution in [0.5, 0.6) is 5.75 Å². The summed E-state index contributed by atoms with van der Waals surface area (Å²) < 4.78 is 5.36. The lowest BCUT2D eigenvalue weighted by molar-refractivity contribution is 0.407. The Morgan fingerprint density at radius 3 is 2.56 bits per heavy atom. The first-order valence-corrected chi connectivity index (χ1v) is 5.87. The van der Waals surface area contributed by atoms with E-state index in [1.165, 1.54) is 6.33 Å². The monoisotopic (exact) mass is 243 g/mol.